The molecule has 1 amide bonds. The number of rotatable bonds is 7. The van der Waals surface area contributed by atoms with Crippen molar-refractivity contribution in [3.05, 3.63) is 64.1 Å². The summed E-state index contributed by atoms with van der Waals surface area (Å²) in [4.78, 5) is 33.1. The van der Waals surface area contributed by atoms with Crippen LogP contribution in [0.4, 0.5) is 0 Å². The van der Waals surface area contributed by atoms with Crippen LogP contribution in [-0.2, 0) is 22.4 Å². The molecule has 0 radical (unpaired) electrons. The highest BCUT2D eigenvalue weighted by Crippen LogP contribution is 2.40. The van der Waals surface area contributed by atoms with Crippen molar-refractivity contribution < 1.29 is 19.1 Å². The number of hydrogen-bond acceptors (Lipinski definition) is 5. The van der Waals surface area contributed by atoms with Gasteiger partial charge in [-0.15, -0.1) is 0 Å². The van der Waals surface area contributed by atoms with Crippen molar-refractivity contribution in [3.63, 3.8) is 0 Å². The molecule has 178 valence electrons. The van der Waals surface area contributed by atoms with Gasteiger partial charge in [0.2, 0.25) is 0 Å². The van der Waals surface area contributed by atoms with E-state index in [4.69, 9.17) is 21.1 Å². The predicted octanol–water partition coefficient (Wildman–Crippen LogP) is 4.93. The number of aromatic nitrogens is 1. The Balaban J connectivity index is 1.38. The molecule has 0 unspecified atom stereocenters. The lowest BCUT2D eigenvalue weighted by molar-refractivity contribution is -0.136. The van der Waals surface area contributed by atoms with Crippen LogP contribution in [0.5, 0.6) is 11.5 Å². The summed E-state index contributed by atoms with van der Waals surface area (Å²) in [6.07, 6.45) is 8.84. The van der Waals surface area contributed by atoms with Crippen molar-refractivity contribution in [2.75, 3.05) is 13.7 Å². The van der Waals surface area contributed by atoms with Gasteiger partial charge < -0.3 is 14.4 Å². The predicted molar refractivity (Wildman–Crippen MR) is 129 cm³/mol. The standard InChI is InChI=1S/C27H29ClN2O4/c1-33-24-8-5-9-25-21(24)13-18-16-30(27(32)26(18)34-25)22(12-17-6-3-2-4-7-17)23(31)14-20-11-10-19(28)15-29-20/h5,8-11,15,17,22H,2-4,6-7,12-14,16H2,1H3/t22-/m0/s1. The molecular weight excluding hydrogens is 452 g/mol. The van der Waals surface area contributed by atoms with Gasteiger partial charge in [-0.1, -0.05) is 49.8 Å². The number of fused-ring (bicyclic) bond motifs is 1. The van der Waals surface area contributed by atoms with Crippen molar-refractivity contribution in [1.29, 1.82) is 0 Å². The lowest BCUT2D eigenvalue weighted by atomic mass is 9.83. The van der Waals surface area contributed by atoms with E-state index in [9.17, 15) is 9.59 Å². The highest BCUT2D eigenvalue weighted by atomic mass is 35.5. The second-order valence-corrected chi connectivity index (χ2v) is 9.88. The number of carbonyl (C=O) groups is 2. The number of amides is 1. The van der Waals surface area contributed by atoms with Gasteiger partial charge in [0.1, 0.15) is 11.5 Å². The summed E-state index contributed by atoms with van der Waals surface area (Å²) in [5.74, 6) is 2.04. The van der Waals surface area contributed by atoms with Crippen LogP contribution >= 0.6 is 11.6 Å². The molecule has 0 spiro atoms. The van der Waals surface area contributed by atoms with Crippen LogP contribution in [-0.4, -0.2) is 41.3 Å². The van der Waals surface area contributed by atoms with Crippen LogP contribution in [0.15, 0.2) is 47.9 Å². The molecule has 2 aromatic rings. The molecule has 34 heavy (non-hydrogen) atoms. The minimum Gasteiger partial charge on any atom is -0.496 e. The van der Waals surface area contributed by atoms with E-state index in [0.29, 0.717) is 47.5 Å². The summed E-state index contributed by atoms with van der Waals surface area (Å²) in [5, 5.41) is 0.536. The van der Waals surface area contributed by atoms with Crippen molar-refractivity contribution >= 4 is 23.3 Å². The lowest BCUT2D eigenvalue weighted by Crippen LogP contribution is -2.45. The zero-order valence-corrected chi connectivity index (χ0v) is 20.1. The van der Waals surface area contributed by atoms with Crippen molar-refractivity contribution in [1.82, 2.24) is 9.88 Å². The number of pyridine rings is 1. The number of nitrogens with zero attached hydrogens (tertiary/aromatic N) is 2. The molecule has 3 heterocycles. The van der Waals surface area contributed by atoms with Gasteiger partial charge in [0.05, 0.1) is 24.6 Å². The Morgan fingerprint density at radius 2 is 2.06 bits per heavy atom. The Morgan fingerprint density at radius 1 is 1.24 bits per heavy atom. The fourth-order valence-electron chi connectivity index (χ4n) is 5.44. The maximum absolute atomic E-state index is 13.6. The van der Waals surface area contributed by atoms with E-state index < -0.39 is 6.04 Å². The van der Waals surface area contributed by atoms with Crippen LogP contribution in [0.3, 0.4) is 0 Å². The van der Waals surface area contributed by atoms with E-state index in [1.807, 2.05) is 18.2 Å². The molecule has 0 saturated heterocycles. The van der Waals surface area contributed by atoms with Crippen molar-refractivity contribution in [2.24, 2.45) is 5.92 Å². The van der Waals surface area contributed by atoms with E-state index in [0.717, 1.165) is 29.7 Å². The average molecular weight is 481 g/mol. The molecule has 1 aromatic carbocycles. The molecule has 1 saturated carbocycles. The molecule has 3 aliphatic rings. The molecule has 0 N–H and O–H groups in total. The lowest BCUT2D eigenvalue weighted by Gasteiger charge is -2.32. The zero-order chi connectivity index (χ0) is 23.7. The normalized spacial score (nSPS) is 18.9. The fraction of sp³-hybridized carbons (Fsp3) is 0.444. The summed E-state index contributed by atoms with van der Waals surface area (Å²) in [5.41, 5.74) is 2.52. The van der Waals surface area contributed by atoms with Gasteiger partial charge in [0.15, 0.2) is 11.5 Å². The third-order valence-electron chi connectivity index (χ3n) is 7.22. The summed E-state index contributed by atoms with van der Waals surface area (Å²) in [6.45, 7) is 0.406. The summed E-state index contributed by atoms with van der Waals surface area (Å²) >= 11 is 5.96. The molecule has 1 aromatic heterocycles. The topological polar surface area (TPSA) is 68.7 Å². The van der Waals surface area contributed by atoms with Gasteiger partial charge in [-0.3, -0.25) is 14.6 Å². The molecule has 1 atom stereocenters. The first-order valence-electron chi connectivity index (χ1n) is 12.0. The molecule has 1 fully saturated rings. The van der Waals surface area contributed by atoms with Crippen LogP contribution in [0.25, 0.3) is 0 Å². The second kappa shape index (κ2) is 9.79. The van der Waals surface area contributed by atoms with E-state index >= 15 is 0 Å². The van der Waals surface area contributed by atoms with Crippen molar-refractivity contribution in [3.8, 4) is 11.5 Å². The molecule has 7 heteroatoms. The zero-order valence-electron chi connectivity index (χ0n) is 19.4. The number of ether oxygens (including phenoxy) is 2. The summed E-state index contributed by atoms with van der Waals surface area (Å²) in [7, 11) is 1.63. The Bertz CT molecular complexity index is 1120. The highest BCUT2D eigenvalue weighted by Gasteiger charge is 2.42. The highest BCUT2D eigenvalue weighted by molar-refractivity contribution is 6.30. The third-order valence-corrected chi connectivity index (χ3v) is 7.45. The monoisotopic (exact) mass is 480 g/mol. The number of carbonyl (C=O) groups excluding carboxylic acids is 2. The van der Waals surface area contributed by atoms with Gasteiger partial charge >= 0.3 is 0 Å². The van der Waals surface area contributed by atoms with E-state index in [-0.39, 0.29) is 18.1 Å². The average Bonchev–Trinajstić information content (AvgIpc) is 3.17. The number of methoxy groups -OCH3 is 1. The fourth-order valence-corrected chi connectivity index (χ4v) is 5.55. The number of Topliss-reactive ketones (excluding diaryl/α,β-unsaturated/α-hetero) is 1. The van der Waals surface area contributed by atoms with E-state index in [2.05, 4.69) is 4.98 Å². The Morgan fingerprint density at radius 3 is 2.79 bits per heavy atom. The smallest absolute Gasteiger partial charge is 0.290 e. The number of halogens is 1. The number of benzene rings is 1. The van der Waals surface area contributed by atoms with Crippen LogP contribution in [0, 0.1) is 5.92 Å². The molecule has 1 aliphatic carbocycles. The minimum atomic E-state index is -0.493. The first kappa shape index (κ1) is 22.9. The molecule has 5 rings (SSSR count). The van der Waals surface area contributed by atoms with Crippen LogP contribution in [0.1, 0.15) is 49.8 Å². The SMILES string of the molecule is COc1cccc2c1CC1=C(O2)C(=O)N([C@@H](CC2CCCCC2)C(=O)Cc2ccc(Cl)cn2)C1. The molecule has 0 bridgehead atoms. The first-order valence-corrected chi connectivity index (χ1v) is 12.4. The van der Waals surface area contributed by atoms with Crippen molar-refractivity contribution in [2.45, 2.75) is 57.4 Å². The molecule has 2 aliphatic heterocycles. The number of hydrogen-bond donors (Lipinski definition) is 0. The quantitative estimate of drug-likeness (QED) is 0.562. The summed E-state index contributed by atoms with van der Waals surface area (Å²) < 4.78 is 11.6. The maximum Gasteiger partial charge on any atom is 0.290 e. The molecule has 6 nitrogen and oxygen atoms in total. The Hall–Kier alpha value is -2.86. The minimum absolute atomic E-state index is 0.0173. The van der Waals surface area contributed by atoms with Gasteiger partial charge in [-0.2, -0.15) is 0 Å². The maximum atomic E-state index is 13.6. The Labute approximate surface area is 204 Å². The van der Waals surface area contributed by atoms with Gasteiger partial charge in [-0.25, -0.2) is 0 Å². The largest absolute Gasteiger partial charge is 0.496 e. The Kier molecular flexibility index (Phi) is 6.59. The van der Waals surface area contributed by atoms with E-state index in [1.165, 1.54) is 19.3 Å². The van der Waals surface area contributed by atoms with E-state index in [1.54, 1.807) is 30.3 Å². The van der Waals surface area contributed by atoms with Gasteiger partial charge in [0, 0.05) is 36.0 Å². The molecular formula is C27H29ClN2O4. The second-order valence-electron chi connectivity index (χ2n) is 9.45. The van der Waals surface area contributed by atoms with Crippen LogP contribution < -0.4 is 9.47 Å². The third kappa shape index (κ3) is 4.56. The van der Waals surface area contributed by atoms with Gasteiger partial charge in [0.25, 0.3) is 5.91 Å². The summed E-state index contributed by atoms with van der Waals surface area (Å²) in [6, 6.07) is 8.64. The van der Waals surface area contributed by atoms with Gasteiger partial charge in [-0.05, 0) is 36.6 Å². The van der Waals surface area contributed by atoms with Crippen LogP contribution in [0.2, 0.25) is 5.02 Å². The number of ketones is 1. The first-order chi connectivity index (χ1) is 16.5.